The Morgan fingerprint density at radius 2 is 2.25 bits per heavy atom. The molecule has 0 aliphatic heterocycles. The summed E-state index contributed by atoms with van der Waals surface area (Å²) < 4.78 is 2.08. The van der Waals surface area contributed by atoms with Crippen molar-refractivity contribution in [2.75, 3.05) is 6.54 Å². The molecule has 0 aliphatic rings. The van der Waals surface area contributed by atoms with Gasteiger partial charge in [-0.1, -0.05) is 12.1 Å². The molecule has 3 rings (SSSR count). The van der Waals surface area contributed by atoms with E-state index in [4.69, 9.17) is 0 Å². The van der Waals surface area contributed by atoms with Crippen molar-refractivity contribution in [3.8, 4) is 0 Å². The third kappa shape index (κ3) is 2.51. The molecular formula is C13H14N6O. The fourth-order valence-electron chi connectivity index (χ4n) is 2.04. The zero-order chi connectivity index (χ0) is 13.8. The summed E-state index contributed by atoms with van der Waals surface area (Å²) in [5.41, 5.74) is 2.40. The maximum atomic E-state index is 11.6. The number of fused-ring (bicyclic) bond motifs is 1. The van der Waals surface area contributed by atoms with Crippen LogP contribution in [0.3, 0.4) is 0 Å². The molecule has 0 fully saturated rings. The van der Waals surface area contributed by atoms with Gasteiger partial charge in [-0.2, -0.15) is 15.4 Å². The minimum Gasteiger partial charge on any atom is -0.351 e. The summed E-state index contributed by atoms with van der Waals surface area (Å²) in [7, 11) is 0. The van der Waals surface area contributed by atoms with E-state index in [1.165, 1.54) is 6.20 Å². The van der Waals surface area contributed by atoms with Crippen LogP contribution in [-0.4, -0.2) is 37.4 Å². The number of imidazole rings is 1. The van der Waals surface area contributed by atoms with Crippen LogP contribution >= 0.6 is 0 Å². The van der Waals surface area contributed by atoms with Crippen LogP contribution in [0.15, 0.2) is 36.8 Å². The van der Waals surface area contributed by atoms with Gasteiger partial charge in [-0.25, -0.2) is 4.98 Å². The summed E-state index contributed by atoms with van der Waals surface area (Å²) in [6, 6.07) is 7.99. The smallest absolute Gasteiger partial charge is 0.273 e. The van der Waals surface area contributed by atoms with Crippen LogP contribution in [0, 0.1) is 0 Å². The number of aryl methyl sites for hydroxylation is 1. The first-order chi connectivity index (χ1) is 9.84. The molecule has 0 saturated heterocycles. The van der Waals surface area contributed by atoms with E-state index in [-0.39, 0.29) is 5.91 Å². The van der Waals surface area contributed by atoms with Gasteiger partial charge in [0.15, 0.2) is 5.69 Å². The highest BCUT2D eigenvalue weighted by molar-refractivity contribution is 5.91. The molecule has 0 bridgehead atoms. The number of rotatable bonds is 5. The van der Waals surface area contributed by atoms with E-state index in [0.717, 1.165) is 24.0 Å². The van der Waals surface area contributed by atoms with E-state index < -0.39 is 0 Å². The standard InChI is InChI=1S/C13H14N6O/c20-13(11-8-16-18-17-11)14-6-3-7-19-9-15-10-4-1-2-5-12(10)19/h1-2,4-5,8-9H,3,6-7H2,(H,14,20)(H,16,17,18). The predicted octanol–water partition coefficient (Wildman–Crippen LogP) is 0.974. The fraction of sp³-hybridized carbons (Fsp3) is 0.231. The third-order valence-corrected chi connectivity index (χ3v) is 3.04. The van der Waals surface area contributed by atoms with Gasteiger partial charge in [0.1, 0.15) is 0 Å². The lowest BCUT2D eigenvalue weighted by Gasteiger charge is -2.05. The van der Waals surface area contributed by atoms with Crippen molar-refractivity contribution in [2.45, 2.75) is 13.0 Å². The highest BCUT2D eigenvalue weighted by atomic mass is 16.1. The summed E-state index contributed by atoms with van der Waals surface area (Å²) in [5, 5.41) is 12.5. The minimum absolute atomic E-state index is 0.214. The Hall–Kier alpha value is -2.70. The van der Waals surface area contributed by atoms with Crippen LogP contribution in [-0.2, 0) is 6.54 Å². The maximum absolute atomic E-state index is 11.6. The van der Waals surface area contributed by atoms with Crippen molar-refractivity contribution in [2.24, 2.45) is 0 Å². The highest BCUT2D eigenvalue weighted by Crippen LogP contribution is 2.11. The Morgan fingerprint density at radius 3 is 3.10 bits per heavy atom. The van der Waals surface area contributed by atoms with Gasteiger partial charge >= 0.3 is 0 Å². The molecule has 0 radical (unpaired) electrons. The van der Waals surface area contributed by atoms with Gasteiger partial charge < -0.3 is 9.88 Å². The highest BCUT2D eigenvalue weighted by Gasteiger charge is 2.07. The average molecular weight is 270 g/mol. The summed E-state index contributed by atoms with van der Waals surface area (Å²) in [5.74, 6) is -0.214. The predicted molar refractivity (Wildman–Crippen MR) is 73.1 cm³/mol. The molecule has 102 valence electrons. The first kappa shape index (κ1) is 12.3. The number of hydrogen-bond acceptors (Lipinski definition) is 4. The van der Waals surface area contributed by atoms with E-state index in [1.807, 2.05) is 30.6 Å². The van der Waals surface area contributed by atoms with Crippen molar-refractivity contribution < 1.29 is 4.79 Å². The molecule has 1 aromatic carbocycles. The Morgan fingerprint density at radius 1 is 1.35 bits per heavy atom. The Bertz CT molecular complexity index is 703. The number of nitrogens with one attached hydrogen (secondary N) is 2. The lowest BCUT2D eigenvalue weighted by atomic mass is 10.3. The Kier molecular flexibility index (Phi) is 3.40. The van der Waals surface area contributed by atoms with Gasteiger partial charge in [-0.05, 0) is 18.6 Å². The fourth-order valence-corrected chi connectivity index (χ4v) is 2.04. The van der Waals surface area contributed by atoms with Gasteiger partial charge in [0.2, 0.25) is 0 Å². The minimum atomic E-state index is -0.214. The van der Waals surface area contributed by atoms with Crippen molar-refractivity contribution in [1.29, 1.82) is 0 Å². The number of aromatic nitrogens is 5. The molecule has 0 spiro atoms. The number of para-hydroxylation sites is 2. The second-order valence-corrected chi connectivity index (χ2v) is 4.39. The number of aromatic amines is 1. The quantitative estimate of drug-likeness (QED) is 0.676. The van der Waals surface area contributed by atoms with E-state index in [9.17, 15) is 4.79 Å². The van der Waals surface area contributed by atoms with E-state index in [1.54, 1.807) is 0 Å². The van der Waals surface area contributed by atoms with Crippen LogP contribution < -0.4 is 5.32 Å². The first-order valence-electron chi connectivity index (χ1n) is 6.38. The zero-order valence-corrected chi connectivity index (χ0v) is 10.8. The van der Waals surface area contributed by atoms with Crippen LogP contribution in [0.25, 0.3) is 11.0 Å². The van der Waals surface area contributed by atoms with Crippen molar-refractivity contribution in [3.63, 3.8) is 0 Å². The normalized spacial score (nSPS) is 10.8. The summed E-state index contributed by atoms with van der Waals surface area (Å²) >= 11 is 0. The molecule has 2 aromatic heterocycles. The van der Waals surface area contributed by atoms with Gasteiger partial charge in [-0.15, -0.1) is 0 Å². The van der Waals surface area contributed by atoms with E-state index in [2.05, 4.69) is 30.3 Å². The number of hydrogen-bond donors (Lipinski definition) is 2. The van der Waals surface area contributed by atoms with Crippen LogP contribution in [0.5, 0.6) is 0 Å². The monoisotopic (exact) mass is 270 g/mol. The number of carbonyl (C=O) groups is 1. The second kappa shape index (κ2) is 5.52. The first-order valence-corrected chi connectivity index (χ1v) is 6.38. The number of H-pyrrole nitrogens is 1. The molecule has 0 saturated carbocycles. The van der Waals surface area contributed by atoms with Crippen LogP contribution in [0.1, 0.15) is 16.9 Å². The molecule has 0 unspecified atom stereocenters. The number of amides is 1. The van der Waals surface area contributed by atoms with Gasteiger partial charge in [0.25, 0.3) is 5.91 Å². The number of carbonyl (C=O) groups excluding carboxylic acids is 1. The largest absolute Gasteiger partial charge is 0.351 e. The molecule has 0 aliphatic carbocycles. The molecular weight excluding hydrogens is 256 g/mol. The zero-order valence-electron chi connectivity index (χ0n) is 10.8. The van der Waals surface area contributed by atoms with Gasteiger partial charge in [-0.3, -0.25) is 4.79 Å². The molecule has 2 heterocycles. The Labute approximate surface area is 115 Å². The number of nitrogens with zero attached hydrogens (tertiary/aromatic N) is 4. The van der Waals surface area contributed by atoms with E-state index in [0.29, 0.717) is 12.2 Å². The second-order valence-electron chi connectivity index (χ2n) is 4.39. The molecule has 2 N–H and O–H groups in total. The van der Waals surface area contributed by atoms with Crippen molar-refractivity contribution in [3.05, 3.63) is 42.5 Å². The van der Waals surface area contributed by atoms with Crippen LogP contribution in [0.2, 0.25) is 0 Å². The number of benzene rings is 1. The molecule has 0 atom stereocenters. The summed E-state index contributed by atoms with van der Waals surface area (Å²) in [4.78, 5) is 16.0. The molecule has 3 aromatic rings. The van der Waals surface area contributed by atoms with Gasteiger partial charge in [0.05, 0.1) is 23.6 Å². The summed E-state index contributed by atoms with van der Waals surface area (Å²) in [6.07, 6.45) is 4.05. The average Bonchev–Trinajstić information content (AvgIpc) is 3.13. The molecule has 20 heavy (non-hydrogen) atoms. The molecule has 7 heteroatoms. The van der Waals surface area contributed by atoms with Crippen LogP contribution in [0.4, 0.5) is 0 Å². The summed E-state index contributed by atoms with van der Waals surface area (Å²) in [6.45, 7) is 1.39. The van der Waals surface area contributed by atoms with E-state index >= 15 is 0 Å². The van der Waals surface area contributed by atoms with Crippen molar-refractivity contribution in [1.82, 2.24) is 30.3 Å². The van der Waals surface area contributed by atoms with Crippen molar-refractivity contribution >= 4 is 16.9 Å². The third-order valence-electron chi connectivity index (χ3n) is 3.04. The molecule has 1 amide bonds. The lowest BCUT2D eigenvalue weighted by molar-refractivity contribution is 0.0947. The van der Waals surface area contributed by atoms with Gasteiger partial charge in [0, 0.05) is 13.1 Å². The SMILES string of the molecule is O=C(NCCCn1cnc2ccccc21)c1cn[nH]n1. The maximum Gasteiger partial charge on any atom is 0.273 e. The Balaban J connectivity index is 1.52. The lowest BCUT2D eigenvalue weighted by Crippen LogP contribution is -2.25. The topological polar surface area (TPSA) is 88.5 Å². The molecule has 7 nitrogen and oxygen atoms in total.